The molecule has 1 aromatic rings. The molecule has 1 fully saturated rings. The van der Waals surface area contributed by atoms with Crippen LogP contribution in [-0.2, 0) is 10.0 Å². The molecule has 1 aliphatic heterocycles. The van der Waals surface area contributed by atoms with E-state index in [4.69, 9.17) is 5.73 Å². The molecule has 2 rings (SSSR count). The second-order valence-electron chi connectivity index (χ2n) is 4.88. The van der Waals surface area contributed by atoms with Gasteiger partial charge in [-0.15, -0.1) is 0 Å². The first-order valence-electron chi connectivity index (χ1n) is 6.30. The summed E-state index contributed by atoms with van der Waals surface area (Å²) in [5.41, 5.74) is 8.88. The van der Waals surface area contributed by atoms with E-state index in [1.165, 1.54) is 0 Å². The predicted octanol–water partition coefficient (Wildman–Crippen LogP) is 1.93. The van der Waals surface area contributed by atoms with Gasteiger partial charge in [0.15, 0.2) is 0 Å². The maximum atomic E-state index is 12.8. The van der Waals surface area contributed by atoms with Crippen LogP contribution in [0.3, 0.4) is 0 Å². The van der Waals surface area contributed by atoms with E-state index in [0.29, 0.717) is 29.2 Å². The lowest BCUT2D eigenvalue weighted by Gasteiger charge is -2.27. The molecule has 1 aliphatic rings. The quantitative estimate of drug-likeness (QED) is 0.848. The van der Waals surface area contributed by atoms with E-state index in [2.05, 4.69) is 0 Å². The number of hydrogen-bond donors (Lipinski definition) is 1. The topological polar surface area (TPSA) is 63.4 Å². The molecule has 0 bridgehead atoms. The molecule has 0 saturated carbocycles. The number of hydrogen-bond acceptors (Lipinski definition) is 4. The van der Waals surface area contributed by atoms with Crippen molar-refractivity contribution in [1.82, 2.24) is 4.31 Å². The zero-order chi connectivity index (χ0) is 14.2. The Hall–Kier alpha value is -0.720. The number of benzene rings is 1. The van der Waals surface area contributed by atoms with Gasteiger partial charge in [-0.25, -0.2) is 8.42 Å². The molecule has 0 radical (unpaired) electrons. The van der Waals surface area contributed by atoms with Crippen molar-refractivity contribution in [3.05, 3.63) is 22.8 Å². The van der Waals surface area contributed by atoms with Gasteiger partial charge in [0, 0.05) is 30.3 Å². The van der Waals surface area contributed by atoms with Crippen LogP contribution in [0.15, 0.2) is 11.0 Å². The first kappa shape index (κ1) is 14.7. The van der Waals surface area contributed by atoms with Crippen LogP contribution >= 0.6 is 11.8 Å². The minimum atomic E-state index is -3.43. The summed E-state index contributed by atoms with van der Waals surface area (Å²) >= 11 is 1.79. The van der Waals surface area contributed by atoms with Gasteiger partial charge in [-0.2, -0.15) is 16.1 Å². The molecule has 4 nitrogen and oxygen atoms in total. The molecule has 19 heavy (non-hydrogen) atoms. The van der Waals surface area contributed by atoms with Crippen molar-refractivity contribution in [3.63, 3.8) is 0 Å². The molecular weight excluding hydrogens is 280 g/mol. The average molecular weight is 300 g/mol. The highest BCUT2D eigenvalue weighted by molar-refractivity contribution is 7.99. The Morgan fingerprint density at radius 2 is 1.74 bits per heavy atom. The van der Waals surface area contributed by atoms with Gasteiger partial charge in [0.2, 0.25) is 10.0 Å². The van der Waals surface area contributed by atoms with Crippen LogP contribution in [0.4, 0.5) is 5.69 Å². The fraction of sp³-hybridized carbons (Fsp3) is 0.538. The van der Waals surface area contributed by atoms with E-state index in [-0.39, 0.29) is 0 Å². The molecule has 6 heteroatoms. The molecule has 0 amide bonds. The molecule has 0 unspecified atom stereocenters. The van der Waals surface area contributed by atoms with Crippen LogP contribution in [0.1, 0.15) is 16.7 Å². The third-order valence-electron chi connectivity index (χ3n) is 3.65. The summed E-state index contributed by atoms with van der Waals surface area (Å²) in [7, 11) is -3.43. The lowest BCUT2D eigenvalue weighted by molar-refractivity contribution is 0.442. The third-order valence-corrected chi connectivity index (χ3v) is 6.76. The minimum absolute atomic E-state index is 0.400. The molecule has 1 saturated heterocycles. The number of nitrogens with two attached hydrogens (primary N) is 1. The Morgan fingerprint density at radius 1 is 1.16 bits per heavy atom. The van der Waals surface area contributed by atoms with Crippen molar-refractivity contribution in [2.45, 2.75) is 25.7 Å². The molecule has 106 valence electrons. The zero-order valence-corrected chi connectivity index (χ0v) is 13.2. The van der Waals surface area contributed by atoms with Crippen LogP contribution in [0, 0.1) is 20.8 Å². The Labute approximate surface area is 119 Å². The minimum Gasteiger partial charge on any atom is -0.398 e. The fourth-order valence-corrected chi connectivity index (χ4v) is 5.45. The van der Waals surface area contributed by atoms with E-state index in [1.54, 1.807) is 23.0 Å². The maximum absolute atomic E-state index is 12.8. The highest BCUT2D eigenvalue weighted by Gasteiger charge is 2.30. The smallest absolute Gasteiger partial charge is 0.243 e. The van der Waals surface area contributed by atoms with Gasteiger partial charge in [-0.05, 0) is 43.5 Å². The first-order chi connectivity index (χ1) is 8.85. The van der Waals surface area contributed by atoms with Crippen molar-refractivity contribution in [1.29, 1.82) is 0 Å². The first-order valence-corrected chi connectivity index (χ1v) is 8.89. The van der Waals surface area contributed by atoms with Crippen LogP contribution in [-0.4, -0.2) is 37.3 Å². The Kier molecular flexibility index (Phi) is 4.13. The van der Waals surface area contributed by atoms with Gasteiger partial charge in [-0.1, -0.05) is 0 Å². The van der Waals surface area contributed by atoms with E-state index in [0.717, 1.165) is 22.6 Å². The molecule has 0 atom stereocenters. The molecular formula is C13H20N2O2S2. The van der Waals surface area contributed by atoms with Gasteiger partial charge in [0.1, 0.15) is 0 Å². The van der Waals surface area contributed by atoms with Crippen molar-refractivity contribution >= 4 is 27.5 Å². The van der Waals surface area contributed by atoms with Crippen LogP contribution in [0.5, 0.6) is 0 Å². The summed E-state index contributed by atoms with van der Waals surface area (Å²) in [6.45, 7) is 6.70. The van der Waals surface area contributed by atoms with Crippen LogP contribution < -0.4 is 5.73 Å². The summed E-state index contributed by atoms with van der Waals surface area (Å²) in [5.74, 6) is 1.72. The normalized spacial score (nSPS) is 17.6. The second kappa shape index (κ2) is 5.34. The van der Waals surface area contributed by atoms with E-state index >= 15 is 0 Å². The maximum Gasteiger partial charge on any atom is 0.243 e. The number of thioether (sulfide) groups is 1. The molecule has 2 N–H and O–H groups in total. The average Bonchev–Trinajstić information content (AvgIpc) is 2.37. The van der Waals surface area contributed by atoms with Gasteiger partial charge in [0.05, 0.1) is 4.90 Å². The standard InChI is InChI=1S/C13H20N2O2S2/c1-9-8-12(14)11(3)13(10(9)2)19(16,17)15-4-6-18-7-5-15/h8H,4-7,14H2,1-3H3. The third kappa shape index (κ3) is 2.61. The molecule has 1 heterocycles. The molecule has 0 aliphatic carbocycles. The van der Waals surface area contributed by atoms with Gasteiger partial charge in [0.25, 0.3) is 0 Å². The van der Waals surface area contributed by atoms with E-state index < -0.39 is 10.0 Å². The lowest BCUT2D eigenvalue weighted by atomic mass is 10.1. The molecule has 0 aromatic heterocycles. The molecule has 1 aromatic carbocycles. The summed E-state index contributed by atoms with van der Waals surface area (Å²) in [5, 5.41) is 0. The van der Waals surface area contributed by atoms with E-state index in [1.807, 2.05) is 19.9 Å². The van der Waals surface area contributed by atoms with Crippen LogP contribution in [0.2, 0.25) is 0 Å². The summed E-state index contributed by atoms with van der Waals surface area (Å²) in [6.07, 6.45) is 0. The Bertz CT molecular complexity index is 565. The number of aryl methyl sites for hydroxylation is 1. The SMILES string of the molecule is Cc1cc(N)c(C)c(S(=O)(=O)N2CCSCC2)c1C. The lowest BCUT2D eigenvalue weighted by Crippen LogP contribution is -2.38. The number of sulfonamides is 1. The number of nitrogen functional groups attached to an aromatic ring is 1. The summed E-state index contributed by atoms with van der Waals surface area (Å²) in [6, 6.07) is 1.84. The van der Waals surface area contributed by atoms with Crippen molar-refractivity contribution in [2.75, 3.05) is 30.3 Å². The number of nitrogens with zero attached hydrogens (tertiary/aromatic N) is 1. The second-order valence-corrected chi connectivity index (χ2v) is 7.98. The largest absolute Gasteiger partial charge is 0.398 e. The predicted molar refractivity (Wildman–Crippen MR) is 81.1 cm³/mol. The van der Waals surface area contributed by atoms with E-state index in [9.17, 15) is 8.42 Å². The summed E-state index contributed by atoms with van der Waals surface area (Å²) < 4.78 is 27.2. The Morgan fingerprint density at radius 3 is 2.32 bits per heavy atom. The molecule has 0 spiro atoms. The van der Waals surface area contributed by atoms with Gasteiger partial charge >= 0.3 is 0 Å². The van der Waals surface area contributed by atoms with Crippen molar-refractivity contribution in [2.24, 2.45) is 0 Å². The highest BCUT2D eigenvalue weighted by atomic mass is 32.2. The zero-order valence-electron chi connectivity index (χ0n) is 11.6. The van der Waals surface area contributed by atoms with Gasteiger partial charge in [-0.3, -0.25) is 0 Å². The van der Waals surface area contributed by atoms with Crippen molar-refractivity contribution < 1.29 is 8.42 Å². The fourth-order valence-electron chi connectivity index (χ4n) is 2.34. The number of anilines is 1. The van der Waals surface area contributed by atoms with Gasteiger partial charge < -0.3 is 5.73 Å². The van der Waals surface area contributed by atoms with Crippen molar-refractivity contribution in [3.8, 4) is 0 Å². The highest BCUT2D eigenvalue weighted by Crippen LogP contribution is 2.31. The van der Waals surface area contributed by atoms with Crippen LogP contribution in [0.25, 0.3) is 0 Å². The number of rotatable bonds is 2. The summed E-state index contributed by atoms with van der Waals surface area (Å²) in [4.78, 5) is 0.400. The Balaban J connectivity index is 2.57. The monoisotopic (exact) mass is 300 g/mol.